The molecule has 2 amide bonds. The number of terminal acetylenes is 1. The number of carbonyl (C=O) groups is 2. The fourth-order valence-corrected chi connectivity index (χ4v) is 2.88. The number of nitrogens with zero attached hydrogens (tertiary/aromatic N) is 1. The fourth-order valence-electron chi connectivity index (χ4n) is 2.88. The number of amides is 2. The number of ether oxygens (including phenoxy) is 1. The topological polar surface area (TPSA) is 70.7 Å². The van der Waals surface area contributed by atoms with Crippen molar-refractivity contribution in [2.75, 3.05) is 29.9 Å². The van der Waals surface area contributed by atoms with Crippen molar-refractivity contribution in [1.29, 1.82) is 0 Å². The molecule has 0 spiro atoms. The molecular weight excluding hydrogens is 313 g/mol. The summed E-state index contributed by atoms with van der Waals surface area (Å²) in [7, 11) is 0. The normalized spacial score (nSPS) is 19.9. The van der Waals surface area contributed by atoms with E-state index in [1.165, 1.54) is 11.0 Å². The zero-order valence-corrected chi connectivity index (χ0v) is 13.1. The van der Waals surface area contributed by atoms with Crippen LogP contribution in [0.5, 0.6) is 5.75 Å². The van der Waals surface area contributed by atoms with Crippen LogP contribution in [-0.2, 0) is 9.59 Å². The van der Waals surface area contributed by atoms with E-state index in [0.29, 0.717) is 12.1 Å². The van der Waals surface area contributed by atoms with E-state index in [4.69, 9.17) is 11.2 Å². The molecule has 7 heteroatoms. The molecule has 1 unspecified atom stereocenters. The Kier molecular flexibility index (Phi) is 4.67. The number of hydrogen-bond acceptors (Lipinski definition) is 4. The van der Waals surface area contributed by atoms with Gasteiger partial charge in [0.2, 0.25) is 5.91 Å². The third-order valence-corrected chi connectivity index (χ3v) is 4.13. The van der Waals surface area contributed by atoms with Crippen molar-refractivity contribution in [2.24, 2.45) is 0 Å². The standard InChI is InChI=1S/C17H18FN3O3/c1-2-7-21-14-9-13(11(18)8-15(14)24-10-16(21)22)20-17(23)12-5-3-4-6-19-12/h1,8-9,12,19H,3-7,10H2,(H,20,23). The number of carbonyl (C=O) groups excluding carboxylic acids is 2. The van der Waals surface area contributed by atoms with Crippen LogP contribution in [0.25, 0.3) is 0 Å². The summed E-state index contributed by atoms with van der Waals surface area (Å²) in [6.07, 6.45) is 7.98. The van der Waals surface area contributed by atoms with Gasteiger partial charge in [0.25, 0.3) is 5.91 Å². The molecule has 0 radical (unpaired) electrons. The summed E-state index contributed by atoms with van der Waals surface area (Å²) in [5.74, 6) is 1.41. The Hall–Kier alpha value is -2.59. The number of rotatable bonds is 3. The minimum absolute atomic E-state index is 0.00597. The van der Waals surface area contributed by atoms with Crippen molar-refractivity contribution in [3.05, 3.63) is 17.9 Å². The molecular formula is C17H18FN3O3. The molecule has 6 nitrogen and oxygen atoms in total. The maximum absolute atomic E-state index is 14.3. The molecule has 1 aromatic carbocycles. The molecule has 2 heterocycles. The van der Waals surface area contributed by atoms with Gasteiger partial charge >= 0.3 is 0 Å². The van der Waals surface area contributed by atoms with E-state index in [-0.39, 0.29) is 42.4 Å². The van der Waals surface area contributed by atoms with Gasteiger partial charge in [-0.05, 0) is 25.5 Å². The minimum Gasteiger partial charge on any atom is -0.481 e. The van der Waals surface area contributed by atoms with Gasteiger partial charge in [0.15, 0.2) is 12.4 Å². The van der Waals surface area contributed by atoms with Crippen molar-refractivity contribution in [3.8, 4) is 18.1 Å². The van der Waals surface area contributed by atoms with E-state index in [1.54, 1.807) is 0 Å². The summed E-state index contributed by atoms with van der Waals surface area (Å²) in [6.45, 7) is 0.632. The van der Waals surface area contributed by atoms with Gasteiger partial charge in [-0.1, -0.05) is 12.3 Å². The van der Waals surface area contributed by atoms with Crippen LogP contribution in [0.15, 0.2) is 12.1 Å². The van der Waals surface area contributed by atoms with Gasteiger partial charge < -0.3 is 15.4 Å². The van der Waals surface area contributed by atoms with Gasteiger partial charge in [0.1, 0.15) is 5.75 Å². The number of nitrogens with one attached hydrogen (secondary N) is 2. The smallest absolute Gasteiger partial charge is 0.265 e. The highest BCUT2D eigenvalue weighted by Gasteiger charge is 2.28. The Labute approximate surface area is 139 Å². The van der Waals surface area contributed by atoms with Crippen LogP contribution in [0.4, 0.5) is 15.8 Å². The summed E-state index contributed by atoms with van der Waals surface area (Å²) >= 11 is 0. The minimum atomic E-state index is -0.618. The van der Waals surface area contributed by atoms with Crippen molar-refractivity contribution in [1.82, 2.24) is 5.32 Å². The Bertz CT molecular complexity index is 708. The zero-order chi connectivity index (χ0) is 17.1. The Balaban J connectivity index is 1.85. The van der Waals surface area contributed by atoms with Crippen LogP contribution in [0.3, 0.4) is 0 Å². The number of fused-ring (bicyclic) bond motifs is 1. The first-order valence-corrected chi connectivity index (χ1v) is 7.84. The Morgan fingerprint density at radius 2 is 2.33 bits per heavy atom. The molecule has 2 aliphatic rings. The first-order valence-electron chi connectivity index (χ1n) is 7.84. The zero-order valence-electron chi connectivity index (χ0n) is 13.1. The molecule has 0 aromatic heterocycles. The predicted molar refractivity (Wildman–Crippen MR) is 87.4 cm³/mol. The van der Waals surface area contributed by atoms with E-state index in [0.717, 1.165) is 25.5 Å². The van der Waals surface area contributed by atoms with Gasteiger partial charge in [-0.3, -0.25) is 14.5 Å². The van der Waals surface area contributed by atoms with E-state index < -0.39 is 5.82 Å². The quantitative estimate of drug-likeness (QED) is 0.818. The average molecular weight is 331 g/mol. The van der Waals surface area contributed by atoms with Gasteiger partial charge in [0, 0.05) is 6.07 Å². The molecule has 1 fully saturated rings. The van der Waals surface area contributed by atoms with Gasteiger partial charge in [-0.25, -0.2) is 4.39 Å². The molecule has 1 atom stereocenters. The molecule has 1 aromatic rings. The largest absolute Gasteiger partial charge is 0.481 e. The molecule has 2 aliphatic heterocycles. The van der Waals surface area contributed by atoms with Crippen LogP contribution in [0.2, 0.25) is 0 Å². The van der Waals surface area contributed by atoms with E-state index >= 15 is 0 Å². The summed E-state index contributed by atoms with van der Waals surface area (Å²) in [4.78, 5) is 25.5. The molecule has 1 saturated heterocycles. The lowest BCUT2D eigenvalue weighted by molar-refractivity contribution is -0.121. The van der Waals surface area contributed by atoms with Crippen molar-refractivity contribution >= 4 is 23.2 Å². The fraction of sp³-hybridized carbons (Fsp3) is 0.412. The molecule has 0 saturated carbocycles. The Morgan fingerprint density at radius 3 is 3.04 bits per heavy atom. The number of benzene rings is 1. The number of piperidine rings is 1. The number of hydrogen-bond donors (Lipinski definition) is 2. The second-order valence-corrected chi connectivity index (χ2v) is 5.76. The SMILES string of the molecule is C#CCN1C(=O)COc2cc(F)c(NC(=O)C3CCCCN3)cc21. The van der Waals surface area contributed by atoms with Crippen LogP contribution >= 0.6 is 0 Å². The molecule has 3 rings (SSSR count). The van der Waals surface area contributed by atoms with Gasteiger partial charge in [-0.2, -0.15) is 0 Å². The predicted octanol–water partition coefficient (Wildman–Crippen LogP) is 1.26. The third kappa shape index (κ3) is 3.19. The molecule has 0 bridgehead atoms. The lowest BCUT2D eigenvalue weighted by atomic mass is 10.0. The van der Waals surface area contributed by atoms with Crippen LogP contribution in [0.1, 0.15) is 19.3 Å². The monoisotopic (exact) mass is 331 g/mol. The first kappa shape index (κ1) is 16.3. The average Bonchev–Trinajstić information content (AvgIpc) is 2.59. The van der Waals surface area contributed by atoms with Crippen LogP contribution < -0.4 is 20.3 Å². The second-order valence-electron chi connectivity index (χ2n) is 5.76. The number of anilines is 2. The van der Waals surface area contributed by atoms with Crippen molar-refractivity contribution in [3.63, 3.8) is 0 Å². The summed E-state index contributed by atoms with van der Waals surface area (Å²) in [5, 5.41) is 5.69. The van der Waals surface area contributed by atoms with Crippen molar-refractivity contribution in [2.45, 2.75) is 25.3 Å². The van der Waals surface area contributed by atoms with Crippen LogP contribution in [0, 0.1) is 18.2 Å². The maximum Gasteiger partial charge on any atom is 0.265 e. The van der Waals surface area contributed by atoms with Crippen LogP contribution in [-0.4, -0.2) is 37.6 Å². The lowest BCUT2D eigenvalue weighted by Gasteiger charge is -2.29. The van der Waals surface area contributed by atoms with Crippen molar-refractivity contribution < 1.29 is 18.7 Å². The third-order valence-electron chi connectivity index (χ3n) is 4.13. The highest BCUT2D eigenvalue weighted by atomic mass is 19.1. The maximum atomic E-state index is 14.3. The van der Waals surface area contributed by atoms with E-state index in [1.807, 2.05) is 0 Å². The summed E-state index contributed by atoms with van der Waals surface area (Å²) in [5.41, 5.74) is 0.365. The highest BCUT2D eigenvalue weighted by Crippen LogP contribution is 2.36. The Morgan fingerprint density at radius 1 is 1.50 bits per heavy atom. The molecule has 2 N–H and O–H groups in total. The van der Waals surface area contributed by atoms with E-state index in [2.05, 4.69) is 16.6 Å². The summed E-state index contributed by atoms with van der Waals surface area (Å²) in [6, 6.07) is 2.21. The highest BCUT2D eigenvalue weighted by molar-refractivity contribution is 6.00. The summed E-state index contributed by atoms with van der Waals surface area (Å²) < 4.78 is 19.5. The van der Waals surface area contributed by atoms with E-state index in [9.17, 15) is 14.0 Å². The molecule has 0 aliphatic carbocycles. The lowest BCUT2D eigenvalue weighted by Crippen LogP contribution is -2.43. The first-order chi connectivity index (χ1) is 11.6. The molecule has 24 heavy (non-hydrogen) atoms. The number of halogens is 1. The second kappa shape index (κ2) is 6.89. The van der Waals surface area contributed by atoms with Gasteiger partial charge in [0.05, 0.1) is 24.0 Å². The van der Waals surface area contributed by atoms with Gasteiger partial charge in [-0.15, -0.1) is 6.42 Å². The molecule has 126 valence electrons.